The van der Waals surface area contributed by atoms with Gasteiger partial charge in [0, 0.05) is 44.2 Å². The molecular weight excluding hydrogens is 280 g/mol. The summed E-state index contributed by atoms with van der Waals surface area (Å²) < 4.78 is 5.14. The topological polar surface area (TPSA) is 71.3 Å². The van der Waals surface area contributed by atoms with Gasteiger partial charge in [0.15, 0.2) is 5.82 Å². The maximum absolute atomic E-state index is 12.1. The molecule has 0 aliphatic rings. The highest BCUT2D eigenvalue weighted by molar-refractivity contribution is 5.95. The largest absolute Gasteiger partial charge is 0.378 e. The lowest BCUT2D eigenvalue weighted by atomic mass is 10.2. The van der Waals surface area contributed by atoms with Gasteiger partial charge in [0.05, 0.1) is 0 Å². The van der Waals surface area contributed by atoms with Gasteiger partial charge in [0.2, 0.25) is 5.89 Å². The van der Waals surface area contributed by atoms with Crippen molar-refractivity contribution in [2.45, 2.75) is 26.2 Å². The Bertz CT molecular complexity index is 635. The Labute approximate surface area is 130 Å². The van der Waals surface area contributed by atoms with E-state index in [1.165, 1.54) is 0 Å². The summed E-state index contributed by atoms with van der Waals surface area (Å²) in [7, 11) is 3.89. The quantitative estimate of drug-likeness (QED) is 0.886. The molecule has 0 saturated carbocycles. The van der Waals surface area contributed by atoms with Crippen LogP contribution in [0.25, 0.3) is 0 Å². The van der Waals surface area contributed by atoms with Gasteiger partial charge in [-0.15, -0.1) is 0 Å². The number of carbonyl (C=O) groups is 1. The zero-order valence-electron chi connectivity index (χ0n) is 13.5. The van der Waals surface area contributed by atoms with Crippen LogP contribution in [0.1, 0.15) is 41.8 Å². The Hall–Kier alpha value is -2.37. The lowest BCUT2D eigenvalue weighted by Gasteiger charge is -2.13. The summed E-state index contributed by atoms with van der Waals surface area (Å²) in [5, 5.41) is 6.77. The van der Waals surface area contributed by atoms with E-state index >= 15 is 0 Å². The molecule has 1 aromatic heterocycles. The SMILES string of the molecule is CC(C)c1noc(CCNC(=O)c2cccc(N(C)C)c2)n1. The maximum Gasteiger partial charge on any atom is 0.251 e. The van der Waals surface area contributed by atoms with E-state index in [9.17, 15) is 4.79 Å². The first-order valence-electron chi connectivity index (χ1n) is 7.35. The molecular formula is C16H22N4O2. The third kappa shape index (κ3) is 4.07. The number of nitrogens with one attached hydrogen (secondary N) is 1. The van der Waals surface area contributed by atoms with E-state index in [1.54, 1.807) is 6.07 Å². The Balaban J connectivity index is 1.88. The first kappa shape index (κ1) is 16.0. The van der Waals surface area contributed by atoms with E-state index in [-0.39, 0.29) is 11.8 Å². The van der Waals surface area contributed by atoms with Gasteiger partial charge in [0.25, 0.3) is 5.91 Å². The van der Waals surface area contributed by atoms with Crippen LogP contribution in [0.15, 0.2) is 28.8 Å². The van der Waals surface area contributed by atoms with Crippen LogP contribution in [0.4, 0.5) is 5.69 Å². The molecule has 1 heterocycles. The molecule has 2 aromatic rings. The predicted octanol–water partition coefficient (Wildman–Crippen LogP) is 2.23. The highest BCUT2D eigenvalue weighted by atomic mass is 16.5. The minimum Gasteiger partial charge on any atom is -0.378 e. The zero-order valence-corrected chi connectivity index (χ0v) is 13.5. The maximum atomic E-state index is 12.1. The van der Waals surface area contributed by atoms with Gasteiger partial charge in [-0.3, -0.25) is 4.79 Å². The number of benzene rings is 1. The van der Waals surface area contributed by atoms with E-state index in [0.717, 1.165) is 5.69 Å². The summed E-state index contributed by atoms with van der Waals surface area (Å²) in [4.78, 5) is 18.4. The molecule has 1 aromatic carbocycles. The lowest BCUT2D eigenvalue weighted by molar-refractivity contribution is 0.0953. The van der Waals surface area contributed by atoms with Gasteiger partial charge in [-0.05, 0) is 18.2 Å². The second-order valence-corrected chi connectivity index (χ2v) is 5.65. The van der Waals surface area contributed by atoms with Crippen LogP contribution in [0.2, 0.25) is 0 Å². The first-order chi connectivity index (χ1) is 10.5. The molecule has 0 aliphatic carbocycles. The fraction of sp³-hybridized carbons (Fsp3) is 0.438. The van der Waals surface area contributed by atoms with Crippen LogP contribution in [0.3, 0.4) is 0 Å². The molecule has 0 atom stereocenters. The van der Waals surface area contributed by atoms with Crippen molar-refractivity contribution in [2.75, 3.05) is 25.5 Å². The van der Waals surface area contributed by atoms with Crippen LogP contribution in [0.5, 0.6) is 0 Å². The van der Waals surface area contributed by atoms with Crippen molar-refractivity contribution in [3.05, 3.63) is 41.5 Å². The second-order valence-electron chi connectivity index (χ2n) is 5.65. The summed E-state index contributed by atoms with van der Waals surface area (Å²) >= 11 is 0. The third-order valence-electron chi connectivity index (χ3n) is 3.25. The van der Waals surface area contributed by atoms with Crippen LogP contribution in [-0.2, 0) is 6.42 Å². The number of hydrogen-bond acceptors (Lipinski definition) is 5. The van der Waals surface area contributed by atoms with Crippen molar-refractivity contribution < 1.29 is 9.32 Å². The van der Waals surface area contributed by atoms with Crippen molar-refractivity contribution in [2.24, 2.45) is 0 Å². The summed E-state index contributed by atoms with van der Waals surface area (Å²) in [5.74, 6) is 1.37. The van der Waals surface area contributed by atoms with E-state index < -0.39 is 0 Å². The van der Waals surface area contributed by atoms with Crippen molar-refractivity contribution >= 4 is 11.6 Å². The average Bonchev–Trinajstić information content (AvgIpc) is 2.96. The van der Waals surface area contributed by atoms with E-state index in [0.29, 0.717) is 30.2 Å². The van der Waals surface area contributed by atoms with Crippen molar-refractivity contribution in [3.8, 4) is 0 Å². The van der Waals surface area contributed by atoms with E-state index in [2.05, 4.69) is 15.5 Å². The molecule has 0 radical (unpaired) electrons. The number of amides is 1. The molecule has 118 valence electrons. The molecule has 0 aliphatic heterocycles. The number of carbonyl (C=O) groups excluding carboxylic acids is 1. The molecule has 0 spiro atoms. The molecule has 1 N–H and O–H groups in total. The van der Waals surface area contributed by atoms with Gasteiger partial charge >= 0.3 is 0 Å². The van der Waals surface area contributed by atoms with Gasteiger partial charge < -0.3 is 14.7 Å². The van der Waals surface area contributed by atoms with E-state index in [1.807, 2.05) is 51.0 Å². The molecule has 6 heteroatoms. The molecule has 1 amide bonds. The third-order valence-corrected chi connectivity index (χ3v) is 3.25. The molecule has 0 unspecified atom stereocenters. The highest BCUT2D eigenvalue weighted by Gasteiger charge is 2.11. The van der Waals surface area contributed by atoms with Gasteiger partial charge in [-0.1, -0.05) is 25.1 Å². The second kappa shape index (κ2) is 7.06. The first-order valence-corrected chi connectivity index (χ1v) is 7.35. The Kier molecular flexibility index (Phi) is 5.14. The van der Waals surface area contributed by atoms with Crippen molar-refractivity contribution in [1.82, 2.24) is 15.5 Å². The number of anilines is 1. The lowest BCUT2D eigenvalue weighted by Crippen LogP contribution is -2.26. The fourth-order valence-electron chi connectivity index (χ4n) is 1.91. The van der Waals surface area contributed by atoms with Crippen molar-refractivity contribution in [3.63, 3.8) is 0 Å². The Morgan fingerprint density at radius 2 is 2.14 bits per heavy atom. The average molecular weight is 302 g/mol. The summed E-state index contributed by atoms with van der Waals surface area (Å²) in [6.45, 7) is 4.48. The minimum atomic E-state index is -0.104. The highest BCUT2D eigenvalue weighted by Crippen LogP contribution is 2.13. The monoisotopic (exact) mass is 302 g/mol. The van der Waals surface area contributed by atoms with Gasteiger partial charge in [0.1, 0.15) is 0 Å². The molecule has 0 bridgehead atoms. The standard InChI is InChI=1S/C16H22N4O2/c1-11(2)15-18-14(22-19-15)8-9-17-16(21)12-6-5-7-13(10-12)20(3)4/h5-7,10-11H,8-9H2,1-4H3,(H,17,21). The minimum absolute atomic E-state index is 0.104. The molecule has 0 fully saturated rings. The molecule has 0 saturated heterocycles. The van der Waals surface area contributed by atoms with Crippen LogP contribution < -0.4 is 10.2 Å². The summed E-state index contributed by atoms with van der Waals surface area (Å²) in [6, 6.07) is 7.49. The van der Waals surface area contributed by atoms with Crippen LogP contribution in [0, 0.1) is 0 Å². The summed E-state index contributed by atoms with van der Waals surface area (Å²) in [5.41, 5.74) is 1.63. The van der Waals surface area contributed by atoms with Crippen molar-refractivity contribution in [1.29, 1.82) is 0 Å². The summed E-state index contributed by atoms with van der Waals surface area (Å²) in [6.07, 6.45) is 0.527. The number of nitrogens with zero attached hydrogens (tertiary/aromatic N) is 3. The van der Waals surface area contributed by atoms with E-state index in [4.69, 9.17) is 4.52 Å². The predicted molar refractivity (Wildman–Crippen MR) is 85.2 cm³/mol. The van der Waals surface area contributed by atoms with Gasteiger partial charge in [-0.25, -0.2) is 0 Å². The molecule has 22 heavy (non-hydrogen) atoms. The van der Waals surface area contributed by atoms with Crippen LogP contribution >= 0.6 is 0 Å². The number of rotatable bonds is 6. The smallest absolute Gasteiger partial charge is 0.251 e. The Morgan fingerprint density at radius 3 is 2.77 bits per heavy atom. The molecule has 6 nitrogen and oxygen atoms in total. The van der Waals surface area contributed by atoms with Gasteiger partial charge in [-0.2, -0.15) is 4.98 Å². The number of aromatic nitrogens is 2. The normalized spacial score (nSPS) is 10.8. The fourth-order valence-corrected chi connectivity index (χ4v) is 1.91. The Morgan fingerprint density at radius 1 is 1.36 bits per heavy atom. The van der Waals surface area contributed by atoms with Crippen LogP contribution in [-0.4, -0.2) is 36.7 Å². The number of hydrogen-bond donors (Lipinski definition) is 1. The molecule has 2 rings (SSSR count). The zero-order chi connectivity index (χ0) is 16.1.